The first-order chi connectivity index (χ1) is 28.5. The maximum Gasteiger partial charge on any atom is 0.326 e. The number of aromatic amines is 1. The number of aromatic hydroxyl groups is 1. The molecule has 328 valence electrons. The maximum atomic E-state index is 14.1. The number of nitrogens with one attached hydrogen (secondary N) is 6. The summed E-state index contributed by atoms with van der Waals surface area (Å²) in [6.45, 7) is 3.58. The summed E-state index contributed by atoms with van der Waals surface area (Å²) < 4.78 is 0. The molecule has 0 aliphatic heterocycles. The molecule has 0 radical (unpaired) electrons. The number of thioether (sulfide) groups is 1. The first kappa shape index (κ1) is 48.7. The molecule has 0 fully saturated rings. The van der Waals surface area contributed by atoms with Crippen molar-refractivity contribution in [1.29, 1.82) is 0 Å². The second-order valence-electron chi connectivity index (χ2n) is 14.9. The van der Waals surface area contributed by atoms with Crippen molar-refractivity contribution in [3.8, 4) is 5.75 Å². The molecule has 0 saturated heterocycles. The molecule has 0 aliphatic carbocycles. The molecule has 2 aromatic carbocycles. The number of carbonyl (C=O) groups is 7. The average molecular weight is 855 g/mol. The number of carboxylic acid groups (broad SMARTS) is 2. The van der Waals surface area contributed by atoms with E-state index in [1.807, 2.05) is 24.3 Å². The lowest BCUT2D eigenvalue weighted by Crippen LogP contribution is -2.60. The third-order valence-electron chi connectivity index (χ3n) is 9.79. The quantitative estimate of drug-likeness (QED) is 0.0501. The first-order valence-corrected chi connectivity index (χ1v) is 21.2. The van der Waals surface area contributed by atoms with E-state index in [-0.39, 0.29) is 37.9 Å². The Hall–Kier alpha value is -5.66. The fourth-order valence-corrected chi connectivity index (χ4v) is 6.84. The molecular weight excluding hydrogens is 797 g/mol. The van der Waals surface area contributed by atoms with E-state index in [1.165, 1.54) is 23.9 Å². The Morgan fingerprint density at radius 1 is 0.717 bits per heavy atom. The van der Waals surface area contributed by atoms with Gasteiger partial charge >= 0.3 is 11.9 Å². The largest absolute Gasteiger partial charge is 0.508 e. The van der Waals surface area contributed by atoms with Gasteiger partial charge in [0.15, 0.2) is 0 Å². The van der Waals surface area contributed by atoms with Gasteiger partial charge in [0, 0.05) is 29.9 Å². The van der Waals surface area contributed by atoms with Crippen molar-refractivity contribution in [2.75, 3.05) is 18.6 Å². The van der Waals surface area contributed by atoms with Crippen molar-refractivity contribution < 1.29 is 48.9 Å². The number of H-pyrrole nitrogens is 1. The van der Waals surface area contributed by atoms with Gasteiger partial charge in [0.25, 0.3) is 0 Å². The summed E-state index contributed by atoms with van der Waals surface area (Å²) in [5, 5.41) is 42.5. The minimum atomic E-state index is -1.53. The lowest BCUT2D eigenvalue weighted by molar-refractivity contribution is -0.143. The minimum absolute atomic E-state index is 0.0236. The summed E-state index contributed by atoms with van der Waals surface area (Å²) in [6, 6.07) is 6.10. The number of phenols is 1. The van der Waals surface area contributed by atoms with Crippen LogP contribution in [-0.4, -0.2) is 117 Å². The summed E-state index contributed by atoms with van der Waals surface area (Å²) in [4.78, 5) is 94.7. The van der Waals surface area contributed by atoms with Crippen molar-refractivity contribution in [2.24, 2.45) is 17.4 Å². The van der Waals surface area contributed by atoms with E-state index >= 15 is 0 Å². The van der Waals surface area contributed by atoms with Crippen LogP contribution in [0.2, 0.25) is 0 Å². The number of nitrogens with two attached hydrogens (primary N) is 2. The molecular formula is C41H58N8O10S. The van der Waals surface area contributed by atoms with E-state index in [4.69, 9.17) is 16.6 Å². The van der Waals surface area contributed by atoms with Crippen molar-refractivity contribution >= 4 is 64.1 Å². The number of phenolic OH excluding ortho intramolecular Hbond substituents is 1. The van der Waals surface area contributed by atoms with Crippen LogP contribution in [0, 0.1) is 5.92 Å². The van der Waals surface area contributed by atoms with E-state index in [9.17, 15) is 43.8 Å². The number of carbonyl (C=O) groups excluding carboxylic acids is 5. The summed E-state index contributed by atoms with van der Waals surface area (Å²) in [7, 11) is 0. The molecule has 0 aliphatic rings. The molecule has 3 aromatic rings. The molecule has 0 saturated carbocycles. The number of carboxylic acids is 2. The lowest BCUT2D eigenvalue weighted by atomic mass is 10.0. The number of aliphatic carboxylic acids is 2. The number of unbranched alkanes of at least 4 members (excludes halogenated alkanes) is 1. The van der Waals surface area contributed by atoms with Crippen LogP contribution >= 0.6 is 11.8 Å². The molecule has 0 unspecified atom stereocenters. The van der Waals surface area contributed by atoms with Gasteiger partial charge in [-0.05, 0) is 92.3 Å². The number of rotatable bonds is 26. The zero-order valence-electron chi connectivity index (χ0n) is 34.1. The second-order valence-corrected chi connectivity index (χ2v) is 15.8. The third-order valence-corrected chi connectivity index (χ3v) is 10.4. The van der Waals surface area contributed by atoms with Crippen LogP contribution < -0.4 is 38.1 Å². The highest BCUT2D eigenvalue weighted by atomic mass is 32.2. The summed E-state index contributed by atoms with van der Waals surface area (Å²) >= 11 is 1.39. The number of aromatic nitrogens is 1. The fraction of sp³-hybridized carbons (Fsp3) is 0.488. The van der Waals surface area contributed by atoms with Crippen LogP contribution in [0.4, 0.5) is 0 Å². The Bertz CT molecular complexity index is 1920. The predicted octanol–water partition coefficient (Wildman–Crippen LogP) is 0.898. The highest BCUT2D eigenvalue weighted by Crippen LogP contribution is 2.19. The SMILES string of the molecule is CSCC[C@H](NC(=O)[C@H](Cc1ccc(O)cc1)NC(=O)[C@H](CCCCN)NC(=O)[C@@H](N)Cc1c[nH]c2ccccc12)C(=O)N[C@H](C(=O)N[C@@H](CCC(=O)O)C(=O)O)C(C)C. The molecule has 1 heterocycles. The Balaban J connectivity index is 1.84. The summed E-state index contributed by atoms with van der Waals surface area (Å²) in [5.41, 5.74) is 14.3. The molecule has 0 bridgehead atoms. The Labute approximate surface area is 352 Å². The average Bonchev–Trinajstić information content (AvgIpc) is 3.61. The molecule has 0 spiro atoms. The Morgan fingerprint density at radius 2 is 1.32 bits per heavy atom. The van der Waals surface area contributed by atoms with Crippen LogP contribution in [0.1, 0.15) is 63.5 Å². The number of fused-ring (bicyclic) bond motifs is 1. The standard InChI is InChI=1S/C41H58N8O10S/c1-23(2)35(40(57)47-32(41(58)59)15-16-34(51)52)49-38(55)31(17-19-60-3)46-39(56)33(20-24-11-13-26(50)14-12-24)48-37(54)30(10-6-7-18-42)45-36(53)28(43)21-25-22-44-29-9-5-4-8-27(25)29/h4-5,8-9,11-14,22-23,28,30-33,35,44,50H,6-7,10,15-21,42-43H2,1-3H3,(H,45,53)(H,46,56)(H,47,57)(H,48,54)(H,49,55)(H,51,52)(H,58,59)/t28-,30-,31-,32-,33-,35-/m0/s1. The number of para-hydroxylation sites is 1. The smallest absolute Gasteiger partial charge is 0.326 e. The molecule has 19 heteroatoms. The van der Waals surface area contributed by atoms with Crippen molar-refractivity contribution in [3.05, 3.63) is 65.9 Å². The zero-order chi connectivity index (χ0) is 44.4. The van der Waals surface area contributed by atoms with Crippen molar-refractivity contribution in [2.45, 2.75) is 101 Å². The highest BCUT2D eigenvalue weighted by Gasteiger charge is 2.34. The van der Waals surface area contributed by atoms with Gasteiger partial charge in [0.2, 0.25) is 29.5 Å². The minimum Gasteiger partial charge on any atom is -0.508 e. The van der Waals surface area contributed by atoms with Gasteiger partial charge in [-0.15, -0.1) is 0 Å². The van der Waals surface area contributed by atoms with Gasteiger partial charge in [0.1, 0.15) is 36.0 Å². The molecule has 6 atom stereocenters. The van der Waals surface area contributed by atoms with Gasteiger partial charge in [-0.3, -0.25) is 28.8 Å². The van der Waals surface area contributed by atoms with Crippen molar-refractivity contribution in [1.82, 2.24) is 31.6 Å². The summed E-state index contributed by atoms with van der Waals surface area (Å²) in [5.74, 6) is -6.50. The van der Waals surface area contributed by atoms with Gasteiger partial charge in [-0.2, -0.15) is 11.8 Å². The number of amides is 5. The van der Waals surface area contributed by atoms with Gasteiger partial charge in [-0.25, -0.2) is 4.79 Å². The summed E-state index contributed by atoms with van der Waals surface area (Å²) in [6.07, 6.45) is 4.08. The van der Waals surface area contributed by atoms with E-state index in [1.54, 1.807) is 38.4 Å². The Morgan fingerprint density at radius 3 is 1.95 bits per heavy atom. The van der Waals surface area contributed by atoms with Crippen LogP contribution in [0.25, 0.3) is 10.9 Å². The number of hydrogen-bond acceptors (Lipinski definition) is 11. The van der Waals surface area contributed by atoms with Crippen LogP contribution in [-0.2, 0) is 46.4 Å². The van der Waals surface area contributed by atoms with Crippen LogP contribution in [0.3, 0.4) is 0 Å². The normalized spacial score (nSPS) is 14.2. The predicted molar refractivity (Wildman–Crippen MR) is 227 cm³/mol. The monoisotopic (exact) mass is 854 g/mol. The van der Waals surface area contributed by atoms with Gasteiger partial charge in [-0.1, -0.05) is 44.2 Å². The van der Waals surface area contributed by atoms with E-state index in [0.717, 1.165) is 16.5 Å². The topological polar surface area (TPSA) is 308 Å². The molecule has 13 N–H and O–H groups in total. The van der Waals surface area contributed by atoms with E-state index < -0.39 is 90.1 Å². The highest BCUT2D eigenvalue weighted by molar-refractivity contribution is 7.98. The molecule has 5 amide bonds. The molecule has 60 heavy (non-hydrogen) atoms. The van der Waals surface area contributed by atoms with Crippen molar-refractivity contribution in [3.63, 3.8) is 0 Å². The molecule has 3 rings (SSSR count). The number of hydrogen-bond donors (Lipinski definition) is 11. The molecule has 1 aromatic heterocycles. The van der Waals surface area contributed by atoms with Crippen LogP contribution in [0.15, 0.2) is 54.7 Å². The van der Waals surface area contributed by atoms with Gasteiger partial charge < -0.3 is 58.4 Å². The lowest BCUT2D eigenvalue weighted by Gasteiger charge is -2.28. The fourth-order valence-electron chi connectivity index (χ4n) is 6.37. The zero-order valence-corrected chi connectivity index (χ0v) is 34.9. The van der Waals surface area contributed by atoms with Gasteiger partial charge in [0.05, 0.1) is 6.04 Å². The van der Waals surface area contributed by atoms with E-state index in [0.29, 0.717) is 30.7 Å². The molecule has 18 nitrogen and oxygen atoms in total. The second kappa shape index (κ2) is 24.4. The number of benzene rings is 2. The van der Waals surface area contributed by atoms with Crippen LogP contribution in [0.5, 0.6) is 5.75 Å². The Kier molecular flexibility index (Phi) is 19.8. The van der Waals surface area contributed by atoms with E-state index in [2.05, 4.69) is 31.6 Å². The maximum absolute atomic E-state index is 14.1. The first-order valence-electron chi connectivity index (χ1n) is 19.8. The third kappa shape index (κ3) is 15.5.